The Kier molecular flexibility index (Phi) is 5.73. The molecule has 1 heterocycles. The zero-order chi connectivity index (χ0) is 14.4. The lowest BCUT2D eigenvalue weighted by atomic mass is 10.1. The Morgan fingerprint density at radius 3 is 2.53 bits per heavy atom. The van der Waals surface area contributed by atoms with Crippen molar-refractivity contribution in [3.63, 3.8) is 0 Å². The molecule has 0 fully saturated rings. The first-order valence-electron chi connectivity index (χ1n) is 6.82. The SMILES string of the molecule is CCNc1cncc(C(=O)N(CC(C)C)C(C)C)n1. The van der Waals surface area contributed by atoms with Crippen LogP contribution in [-0.4, -0.2) is 39.9 Å². The van der Waals surface area contributed by atoms with E-state index >= 15 is 0 Å². The summed E-state index contributed by atoms with van der Waals surface area (Å²) in [6.45, 7) is 11.7. The Morgan fingerprint density at radius 1 is 1.32 bits per heavy atom. The molecule has 5 heteroatoms. The van der Waals surface area contributed by atoms with E-state index in [-0.39, 0.29) is 11.9 Å². The Balaban J connectivity index is 2.92. The van der Waals surface area contributed by atoms with Gasteiger partial charge in [0.15, 0.2) is 0 Å². The number of anilines is 1. The molecule has 1 N–H and O–H groups in total. The summed E-state index contributed by atoms with van der Waals surface area (Å²) in [6.07, 6.45) is 3.15. The number of amides is 1. The van der Waals surface area contributed by atoms with Crippen LogP contribution in [0.3, 0.4) is 0 Å². The number of hydrogen-bond acceptors (Lipinski definition) is 4. The van der Waals surface area contributed by atoms with Gasteiger partial charge in [0, 0.05) is 19.1 Å². The van der Waals surface area contributed by atoms with Crippen molar-refractivity contribution < 1.29 is 4.79 Å². The average molecular weight is 264 g/mol. The molecule has 0 aliphatic rings. The monoisotopic (exact) mass is 264 g/mol. The molecule has 1 amide bonds. The third kappa shape index (κ3) is 4.50. The van der Waals surface area contributed by atoms with Crippen LogP contribution in [0.4, 0.5) is 5.82 Å². The standard InChI is InChI=1S/C14H24N4O/c1-6-16-13-8-15-7-12(17-13)14(19)18(11(4)5)9-10(2)3/h7-8,10-11H,6,9H2,1-5H3,(H,16,17). The molecule has 19 heavy (non-hydrogen) atoms. The van der Waals surface area contributed by atoms with Crippen molar-refractivity contribution in [2.75, 3.05) is 18.4 Å². The van der Waals surface area contributed by atoms with E-state index in [1.807, 2.05) is 25.7 Å². The first kappa shape index (κ1) is 15.4. The third-order valence-electron chi connectivity index (χ3n) is 2.66. The smallest absolute Gasteiger partial charge is 0.274 e. The molecule has 0 aliphatic carbocycles. The number of carbonyl (C=O) groups is 1. The van der Waals surface area contributed by atoms with Gasteiger partial charge in [0.1, 0.15) is 11.5 Å². The van der Waals surface area contributed by atoms with Crippen LogP contribution in [0.5, 0.6) is 0 Å². The van der Waals surface area contributed by atoms with Crippen LogP contribution in [0.2, 0.25) is 0 Å². The maximum absolute atomic E-state index is 12.5. The lowest BCUT2D eigenvalue weighted by molar-refractivity contribution is 0.0675. The van der Waals surface area contributed by atoms with Gasteiger partial charge in [-0.15, -0.1) is 0 Å². The van der Waals surface area contributed by atoms with Crippen LogP contribution in [0, 0.1) is 5.92 Å². The van der Waals surface area contributed by atoms with Crippen LogP contribution in [0.15, 0.2) is 12.4 Å². The van der Waals surface area contributed by atoms with Crippen molar-refractivity contribution in [3.8, 4) is 0 Å². The molecule has 0 bridgehead atoms. The normalized spacial score (nSPS) is 10.9. The maximum atomic E-state index is 12.5. The van der Waals surface area contributed by atoms with Crippen molar-refractivity contribution in [3.05, 3.63) is 18.1 Å². The van der Waals surface area contributed by atoms with Crippen molar-refractivity contribution in [2.45, 2.75) is 40.7 Å². The summed E-state index contributed by atoms with van der Waals surface area (Å²) in [5, 5.41) is 3.07. The molecular weight excluding hydrogens is 240 g/mol. The molecule has 5 nitrogen and oxygen atoms in total. The van der Waals surface area contributed by atoms with E-state index in [1.54, 1.807) is 6.20 Å². The van der Waals surface area contributed by atoms with Gasteiger partial charge in [-0.3, -0.25) is 9.78 Å². The third-order valence-corrected chi connectivity index (χ3v) is 2.66. The fraction of sp³-hybridized carbons (Fsp3) is 0.643. The highest BCUT2D eigenvalue weighted by Crippen LogP contribution is 2.11. The summed E-state index contributed by atoms with van der Waals surface area (Å²) < 4.78 is 0. The van der Waals surface area contributed by atoms with Crippen LogP contribution in [0.1, 0.15) is 45.1 Å². The largest absolute Gasteiger partial charge is 0.369 e. The van der Waals surface area contributed by atoms with Crippen LogP contribution < -0.4 is 5.32 Å². The van der Waals surface area contributed by atoms with E-state index < -0.39 is 0 Å². The lowest BCUT2D eigenvalue weighted by Crippen LogP contribution is -2.40. The minimum atomic E-state index is -0.0593. The first-order chi connectivity index (χ1) is 8.95. The molecule has 0 aromatic carbocycles. The summed E-state index contributed by atoms with van der Waals surface area (Å²) >= 11 is 0. The molecule has 0 radical (unpaired) electrons. The number of nitrogens with one attached hydrogen (secondary N) is 1. The second-order valence-corrected chi connectivity index (χ2v) is 5.26. The molecule has 0 saturated carbocycles. The molecule has 1 aromatic rings. The van der Waals surface area contributed by atoms with Crippen LogP contribution in [0.25, 0.3) is 0 Å². The van der Waals surface area contributed by atoms with E-state index in [0.717, 1.165) is 13.1 Å². The van der Waals surface area contributed by atoms with Crippen LogP contribution >= 0.6 is 0 Å². The fourth-order valence-corrected chi connectivity index (χ4v) is 1.80. The number of carbonyl (C=O) groups excluding carboxylic acids is 1. The number of hydrogen-bond donors (Lipinski definition) is 1. The van der Waals surface area contributed by atoms with Gasteiger partial charge in [-0.05, 0) is 26.7 Å². The molecule has 0 aliphatic heterocycles. The van der Waals surface area contributed by atoms with Gasteiger partial charge in [-0.2, -0.15) is 0 Å². The summed E-state index contributed by atoms with van der Waals surface area (Å²) in [4.78, 5) is 22.7. The summed E-state index contributed by atoms with van der Waals surface area (Å²) in [7, 11) is 0. The van der Waals surface area contributed by atoms with Gasteiger partial charge in [0.05, 0.1) is 12.4 Å². The minimum Gasteiger partial charge on any atom is -0.369 e. The highest BCUT2D eigenvalue weighted by atomic mass is 16.2. The van der Waals surface area contributed by atoms with Gasteiger partial charge in [-0.1, -0.05) is 13.8 Å². The van der Waals surface area contributed by atoms with Crippen molar-refractivity contribution in [2.24, 2.45) is 5.92 Å². The van der Waals surface area contributed by atoms with Crippen LogP contribution in [-0.2, 0) is 0 Å². The second kappa shape index (κ2) is 7.07. The Hall–Kier alpha value is -1.65. The van der Waals surface area contributed by atoms with E-state index in [4.69, 9.17) is 0 Å². The van der Waals surface area contributed by atoms with Crippen molar-refractivity contribution in [1.82, 2.24) is 14.9 Å². The van der Waals surface area contributed by atoms with Gasteiger partial charge < -0.3 is 10.2 Å². The molecule has 0 unspecified atom stereocenters. The van der Waals surface area contributed by atoms with Gasteiger partial charge in [0.25, 0.3) is 5.91 Å². The van der Waals surface area contributed by atoms with Gasteiger partial charge in [-0.25, -0.2) is 4.98 Å². The summed E-state index contributed by atoms with van der Waals surface area (Å²) in [6, 6.07) is 0.152. The Bertz CT molecular complexity index is 418. The van der Waals surface area contributed by atoms with E-state index in [0.29, 0.717) is 17.4 Å². The maximum Gasteiger partial charge on any atom is 0.274 e. The molecule has 1 rings (SSSR count). The fourth-order valence-electron chi connectivity index (χ4n) is 1.80. The topological polar surface area (TPSA) is 58.1 Å². The predicted molar refractivity (Wildman–Crippen MR) is 77.2 cm³/mol. The summed E-state index contributed by atoms with van der Waals surface area (Å²) in [5.74, 6) is 1.01. The quantitative estimate of drug-likeness (QED) is 0.857. The number of rotatable bonds is 6. The highest BCUT2D eigenvalue weighted by molar-refractivity contribution is 5.92. The highest BCUT2D eigenvalue weighted by Gasteiger charge is 2.21. The summed E-state index contributed by atoms with van der Waals surface area (Å²) in [5.41, 5.74) is 0.396. The molecule has 0 saturated heterocycles. The van der Waals surface area contributed by atoms with Crippen molar-refractivity contribution >= 4 is 11.7 Å². The number of nitrogens with zero attached hydrogens (tertiary/aromatic N) is 3. The van der Waals surface area contributed by atoms with Gasteiger partial charge >= 0.3 is 0 Å². The zero-order valence-corrected chi connectivity index (χ0v) is 12.5. The molecule has 0 atom stereocenters. The van der Waals surface area contributed by atoms with Crippen molar-refractivity contribution in [1.29, 1.82) is 0 Å². The Morgan fingerprint density at radius 2 is 2.00 bits per heavy atom. The first-order valence-corrected chi connectivity index (χ1v) is 6.82. The minimum absolute atomic E-state index is 0.0593. The van der Waals surface area contributed by atoms with E-state index in [9.17, 15) is 4.79 Å². The molecular formula is C14H24N4O. The number of aromatic nitrogens is 2. The average Bonchev–Trinajstić information content (AvgIpc) is 2.35. The van der Waals surface area contributed by atoms with E-state index in [2.05, 4.69) is 29.1 Å². The lowest BCUT2D eigenvalue weighted by Gasteiger charge is -2.28. The molecule has 0 spiro atoms. The zero-order valence-electron chi connectivity index (χ0n) is 12.5. The molecule has 106 valence electrons. The van der Waals surface area contributed by atoms with Gasteiger partial charge in [0.2, 0.25) is 0 Å². The molecule has 1 aromatic heterocycles. The second-order valence-electron chi connectivity index (χ2n) is 5.26. The Labute approximate surface area is 115 Å². The van der Waals surface area contributed by atoms with E-state index in [1.165, 1.54) is 6.20 Å². The predicted octanol–water partition coefficient (Wildman–Crippen LogP) is 2.42.